The van der Waals surface area contributed by atoms with Gasteiger partial charge in [0.15, 0.2) is 9.84 Å². The lowest BCUT2D eigenvalue weighted by Gasteiger charge is -2.20. The highest BCUT2D eigenvalue weighted by Gasteiger charge is 2.30. The van der Waals surface area contributed by atoms with Crippen molar-refractivity contribution in [2.45, 2.75) is 11.3 Å². The van der Waals surface area contributed by atoms with E-state index < -0.39 is 19.9 Å². The summed E-state index contributed by atoms with van der Waals surface area (Å²) >= 11 is 0. The van der Waals surface area contributed by atoms with Gasteiger partial charge in [-0.05, 0) is 18.6 Å². The molecule has 20 heavy (non-hydrogen) atoms. The molecule has 112 valence electrons. The van der Waals surface area contributed by atoms with Crippen molar-refractivity contribution in [2.24, 2.45) is 0 Å². The molecule has 1 saturated heterocycles. The normalized spacial score (nSPS) is 20.2. The lowest BCUT2D eigenvalue weighted by molar-refractivity contribution is 0.435. The number of sulfone groups is 1. The molecular weight excluding hydrogens is 302 g/mol. The Kier molecular flexibility index (Phi) is 4.31. The molecule has 2 rings (SSSR count). The predicted molar refractivity (Wildman–Crippen MR) is 75.8 cm³/mol. The Morgan fingerprint density at radius 1 is 1.30 bits per heavy atom. The summed E-state index contributed by atoms with van der Waals surface area (Å²) in [6.07, 6.45) is 1.81. The van der Waals surface area contributed by atoms with Gasteiger partial charge in [-0.2, -0.15) is 4.31 Å². The number of anilines is 1. The van der Waals surface area contributed by atoms with Gasteiger partial charge in [0.05, 0.1) is 11.5 Å². The average Bonchev–Trinajstić information content (AvgIpc) is 2.60. The average molecular weight is 319 g/mol. The van der Waals surface area contributed by atoms with Crippen LogP contribution in [-0.2, 0) is 19.9 Å². The first kappa shape index (κ1) is 15.2. The van der Waals surface area contributed by atoms with Crippen molar-refractivity contribution < 1.29 is 16.8 Å². The SMILES string of the molecule is CNc1ncccc1S(=O)(=O)N1CCCS(=O)(=O)CC1. The lowest BCUT2D eigenvalue weighted by atomic mass is 10.4. The molecule has 1 aromatic rings. The van der Waals surface area contributed by atoms with Crippen molar-refractivity contribution in [3.8, 4) is 0 Å². The fraction of sp³-hybridized carbons (Fsp3) is 0.545. The van der Waals surface area contributed by atoms with Crippen molar-refractivity contribution in [3.63, 3.8) is 0 Å². The van der Waals surface area contributed by atoms with Crippen molar-refractivity contribution in [3.05, 3.63) is 18.3 Å². The molecule has 1 aliphatic heterocycles. The van der Waals surface area contributed by atoms with Crippen LogP contribution in [0.25, 0.3) is 0 Å². The van der Waals surface area contributed by atoms with Crippen LogP contribution in [0.3, 0.4) is 0 Å². The van der Waals surface area contributed by atoms with Gasteiger partial charge >= 0.3 is 0 Å². The first-order valence-electron chi connectivity index (χ1n) is 6.20. The molecule has 0 atom stereocenters. The molecule has 2 heterocycles. The summed E-state index contributed by atoms with van der Waals surface area (Å²) in [5.74, 6) is 0.159. The standard InChI is InChI=1S/C11H17N3O4S2/c1-12-11-10(4-2-5-13-11)20(17,18)14-6-3-8-19(15,16)9-7-14/h2,4-5H,3,6-9H2,1H3,(H,12,13). The van der Waals surface area contributed by atoms with Crippen molar-refractivity contribution in [1.82, 2.24) is 9.29 Å². The van der Waals surface area contributed by atoms with Crippen LogP contribution in [0.4, 0.5) is 5.82 Å². The number of hydrogen-bond acceptors (Lipinski definition) is 6. The maximum atomic E-state index is 12.6. The molecule has 7 nitrogen and oxygen atoms in total. The summed E-state index contributed by atoms with van der Waals surface area (Å²) in [6.45, 7) is 0.197. The van der Waals surface area contributed by atoms with Crippen LogP contribution in [-0.4, -0.2) is 57.8 Å². The molecule has 0 aliphatic carbocycles. The van der Waals surface area contributed by atoms with Crippen molar-refractivity contribution in [2.75, 3.05) is 37.0 Å². The van der Waals surface area contributed by atoms with Crippen LogP contribution in [0.2, 0.25) is 0 Å². The minimum absolute atomic E-state index is 0.0112. The number of rotatable bonds is 3. The second kappa shape index (κ2) is 5.66. The number of nitrogens with one attached hydrogen (secondary N) is 1. The van der Waals surface area contributed by atoms with Crippen molar-refractivity contribution >= 4 is 25.7 Å². The van der Waals surface area contributed by atoms with E-state index in [1.807, 2.05) is 0 Å². The van der Waals surface area contributed by atoms with Crippen LogP contribution >= 0.6 is 0 Å². The molecule has 1 aromatic heterocycles. The van der Waals surface area contributed by atoms with Gasteiger partial charge in [-0.25, -0.2) is 21.8 Å². The summed E-state index contributed by atoms with van der Waals surface area (Å²) < 4.78 is 49.5. The van der Waals surface area contributed by atoms with Gasteiger partial charge in [0.2, 0.25) is 10.0 Å². The lowest BCUT2D eigenvalue weighted by Crippen LogP contribution is -2.34. The quantitative estimate of drug-likeness (QED) is 0.838. The third kappa shape index (κ3) is 3.10. The van der Waals surface area contributed by atoms with E-state index in [-0.39, 0.29) is 35.3 Å². The third-order valence-electron chi connectivity index (χ3n) is 3.14. The summed E-state index contributed by atoms with van der Waals surface area (Å²) in [5, 5.41) is 2.74. The second-order valence-corrected chi connectivity index (χ2v) is 8.72. The molecule has 0 radical (unpaired) electrons. The molecule has 1 fully saturated rings. The fourth-order valence-corrected chi connectivity index (χ4v) is 5.10. The minimum Gasteiger partial charge on any atom is -0.372 e. The van der Waals surface area contributed by atoms with E-state index in [0.717, 1.165) is 0 Å². The summed E-state index contributed by atoms with van der Waals surface area (Å²) in [6, 6.07) is 3.01. The molecule has 0 amide bonds. The first-order chi connectivity index (χ1) is 9.37. The second-order valence-electron chi connectivity index (χ2n) is 4.51. The minimum atomic E-state index is -3.73. The van der Waals surface area contributed by atoms with Crippen LogP contribution < -0.4 is 5.32 Å². The maximum Gasteiger partial charge on any atom is 0.246 e. The molecule has 0 unspecified atom stereocenters. The zero-order chi connectivity index (χ0) is 14.8. The largest absolute Gasteiger partial charge is 0.372 e. The van der Waals surface area contributed by atoms with Gasteiger partial charge in [-0.3, -0.25) is 0 Å². The van der Waals surface area contributed by atoms with E-state index in [2.05, 4.69) is 10.3 Å². The molecule has 0 saturated carbocycles. The molecule has 0 aromatic carbocycles. The Hall–Kier alpha value is -1.19. The summed E-state index contributed by atoms with van der Waals surface area (Å²) in [4.78, 5) is 4.05. The van der Waals surface area contributed by atoms with Gasteiger partial charge in [0.1, 0.15) is 10.7 Å². The molecule has 0 bridgehead atoms. The van der Waals surface area contributed by atoms with Gasteiger partial charge in [-0.1, -0.05) is 0 Å². The zero-order valence-electron chi connectivity index (χ0n) is 11.1. The Bertz CT molecular complexity index is 685. The van der Waals surface area contributed by atoms with E-state index in [0.29, 0.717) is 6.42 Å². The van der Waals surface area contributed by atoms with Crippen LogP contribution in [0, 0.1) is 0 Å². The smallest absolute Gasteiger partial charge is 0.246 e. The number of nitrogens with zero attached hydrogens (tertiary/aromatic N) is 2. The van der Waals surface area contributed by atoms with E-state index >= 15 is 0 Å². The van der Waals surface area contributed by atoms with Crippen molar-refractivity contribution in [1.29, 1.82) is 0 Å². The number of sulfonamides is 1. The molecule has 9 heteroatoms. The Balaban J connectivity index is 2.35. The zero-order valence-corrected chi connectivity index (χ0v) is 12.7. The number of pyridine rings is 1. The van der Waals surface area contributed by atoms with Crippen LogP contribution in [0.15, 0.2) is 23.2 Å². The highest BCUT2D eigenvalue weighted by atomic mass is 32.2. The van der Waals surface area contributed by atoms with E-state index in [4.69, 9.17) is 0 Å². The third-order valence-corrected chi connectivity index (χ3v) is 6.79. The van der Waals surface area contributed by atoms with Crippen LogP contribution in [0.1, 0.15) is 6.42 Å². The van der Waals surface area contributed by atoms with E-state index in [1.165, 1.54) is 16.6 Å². The summed E-state index contributed by atoms with van der Waals surface area (Å²) in [5.41, 5.74) is 0. The number of aromatic nitrogens is 1. The molecule has 0 spiro atoms. The fourth-order valence-electron chi connectivity index (χ4n) is 2.08. The highest BCUT2D eigenvalue weighted by molar-refractivity contribution is 7.91. The molecular formula is C11H17N3O4S2. The number of hydrogen-bond donors (Lipinski definition) is 1. The maximum absolute atomic E-state index is 12.6. The highest BCUT2D eigenvalue weighted by Crippen LogP contribution is 2.23. The van der Waals surface area contributed by atoms with Gasteiger partial charge in [0, 0.05) is 26.3 Å². The summed E-state index contributed by atoms with van der Waals surface area (Å²) in [7, 11) is -5.29. The molecule has 1 N–H and O–H groups in total. The Labute approximate surface area is 119 Å². The monoisotopic (exact) mass is 319 g/mol. The predicted octanol–water partition coefficient (Wildman–Crippen LogP) is -0.0675. The first-order valence-corrected chi connectivity index (χ1v) is 9.46. The van der Waals surface area contributed by atoms with Crippen LogP contribution in [0.5, 0.6) is 0 Å². The topological polar surface area (TPSA) is 96.4 Å². The Morgan fingerprint density at radius 3 is 2.75 bits per heavy atom. The molecule has 1 aliphatic rings. The van der Waals surface area contributed by atoms with E-state index in [9.17, 15) is 16.8 Å². The van der Waals surface area contributed by atoms with Gasteiger partial charge in [0.25, 0.3) is 0 Å². The Morgan fingerprint density at radius 2 is 2.05 bits per heavy atom. The van der Waals surface area contributed by atoms with Gasteiger partial charge in [-0.15, -0.1) is 0 Å². The van der Waals surface area contributed by atoms with Gasteiger partial charge < -0.3 is 5.32 Å². The van der Waals surface area contributed by atoms with E-state index in [1.54, 1.807) is 13.1 Å².